The van der Waals surface area contributed by atoms with Crippen LogP contribution in [0.25, 0.3) is 10.9 Å². The SMILES string of the molecule is CCCCOc1cccc(N2CCN(c3n[nH]c4cc(Cl)ccc34)CC2)c1OC. The quantitative estimate of drug-likeness (QED) is 0.566. The van der Waals surface area contributed by atoms with Crippen LogP contribution < -0.4 is 19.3 Å². The zero-order valence-corrected chi connectivity index (χ0v) is 17.7. The Morgan fingerprint density at radius 1 is 1.10 bits per heavy atom. The lowest BCUT2D eigenvalue weighted by atomic mass is 10.2. The van der Waals surface area contributed by atoms with Gasteiger partial charge in [0.2, 0.25) is 0 Å². The first-order valence-electron chi connectivity index (χ1n) is 10.1. The van der Waals surface area contributed by atoms with E-state index in [-0.39, 0.29) is 0 Å². The Labute approximate surface area is 176 Å². The topological polar surface area (TPSA) is 53.6 Å². The molecule has 1 aliphatic rings. The lowest BCUT2D eigenvalue weighted by Gasteiger charge is -2.37. The number of para-hydroxylation sites is 1. The summed E-state index contributed by atoms with van der Waals surface area (Å²) in [6, 6.07) is 12.0. The van der Waals surface area contributed by atoms with Gasteiger partial charge in [-0.1, -0.05) is 31.0 Å². The molecular formula is C22H27ClN4O2. The second-order valence-electron chi connectivity index (χ2n) is 7.22. The fraction of sp³-hybridized carbons (Fsp3) is 0.409. The monoisotopic (exact) mass is 414 g/mol. The van der Waals surface area contributed by atoms with Crippen molar-refractivity contribution in [2.24, 2.45) is 0 Å². The van der Waals surface area contributed by atoms with Crippen LogP contribution in [0.4, 0.5) is 11.5 Å². The summed E-state index contributed by atoms with van der Waals surface area (Å²) in [6.07, 6.45) is 2.15. The minimum atomic E-state index is 0.709. The number of fused-ring (bicyclic) bond motifs is 1. The molecule has 154 valence electrons. The van der Waals surface area contributed by atoms with E-state index in [0.717, 1.165) is 72.9 Å². The summed E-state index contributed by atoms with van der Waals surface area (Å²) >= 11 is 6.09. The largest absolute Gasteiger partial charge is 0.491 e. The van der Waals surface area contributed by atoms with Crippen molar-refractivity contribution in [3.63, 3.8) is 0 Å². The Morgan fingerprint density at radius 2 is 1.90 bits per heavy atom. The molecule has 0 amide bonds. The Balaban J connectivity index is 1.48. The van der Waals surface area contributed by atoms with E-state index in [1.54, 1.807) is 7.11 Å². The lowest BCUT2D eigenvalue weighted by Crippen LogP contribution is -2.46. The Kier molecular flexibility index (Phi) is 6.00. The Morgan fingerprint density at radius 3 is 2.66 bits per heavy atom. The molecule has 0 saturated carbocycles. The summed E-state index contributed by atoms with van der Waals surface area (Å²) in [5.41, 5.74) is 2.05. The van der Waals surface area contributed by atoms with Crippen LogP contribution in [0.3, 0.4) is 0 Å². The molecule has 1 saturated heterocycles. The van der Waals surface area contributed by atoms with Crippen LogP contribution >= 0.6 is 11.6 Å². The van der Waals surface area contributed by atoms with Crippen molar-refractivity contribution in [1.82, 2.24) is 10.2 Å². The number of ether oxygens (including phenoxy) is 2. The molecule has 2 aromatic carbocycles. The van der Waals surface area contributed by atoms with Crippen molar-refractivity contribution in [2.75, 3.05) is 49.7 Å². The predicted octanol–water partition coefficient (Wildman–Crippen LogP) is 4.73. The normalized spacial score (nSPS) is 14.4. The number of unbranched alkanes of at least 4 members (excludes halogenated alkanes) is 1. The van der Waals surface area contributed by atoms with Crippen molar-refractivity contribution < 1.29 is 9.47 Å². The molecule has 3 aromatic rings. The van der Waals surface area contributed by atoms with E-state index in [1.807, 2.05) is 30.3 Å². The number of halogens is 1. The summed E-state index contributed by atoms with van der Waals surface area (Å²) < 4.78 is 11.7. The Hall–Kier alpha value is -2.60. The maximum atomic E-state index is 6.09. The van der Waals surface area contributed by atoms with E-state index >= 15 is 0 Å². The summed E-state index contributed by atoms with van der Waals surface area (Å²) in [7, 11) is 1.71. The van der Waals surface area contributed by atoms with Gasteiger partial charge in [-0.15, -0.1) is 0 Å². The van der Waals surface area contributed by atoms with Gasteiger partial charge in [-0.25, -0.2) is 0 Å². The van der Waals surface area contributed by atoms with Gasteiger partial charge < -0.3 is 19.3 Å². The third kappa shape index (κ3) is 4.08. The van der Waals surface area contributed by atoms with Gasteiger partial charge in [0.25, 0.3) is 0 Å². The predicted molar refractivity (Wildman–Crippen MR) is 119 cm³/mol. The molecular weight excluding hydrogens is 388 g/mol. The molecule has 0 radical (unpaired) electrons. The van der Waals surface area contributed by atoms with Crippen molar-refractivity contribution in [2.45, 2.75) is 19.8 Å². The number of aromatic amines is 1. The zero-order chi connectivity index (χ0) is 20.2. The molecule has 0 spiro atoms. The number of nitrogens with zero attached hydrogens (tertiary/aromatic N) is 3. The van der Waals surface area contributed by atoms with E-state index in [0.29, 0.717) is 11.6 Å². The zero-order valence-electron chi connectivity index (χ0n) is 16.9. The van der Waals surface area contributed by atoms with Crippen molar-refractivity contribution >= 4 is 34.0 Å². The number of piperazine rings is 1. The van der Waals surface area contributed by atoms with E-state index in [4.69, 9.17) is 21.1 Å². The summed E-state index contributed by atoms with van der Waals surface area (Å²) in [5, 5.41) is 9.44. The highest BCUT2D eigenvalue weighted by Crippen LogP contribution is 2.38. The third-order valence-electron chi connectivity index (χ3n) is 5.34. The van der Waals surface area contributed by atoms with E-state index in [1.165, 1.54) is 0 Å². The molecule has 6 nitrogen and oxygen atoms in total. The van der Waals surface area contributed by atoms with Gasteiger partial charge in [0.1, 0.15) is 0 Å². The molecule has 0 unspecified atom stereocenters. The summed E-state index contributed by atoms with van der Waals surface area (Å²) in [5.74, 6) is 2.62. The van der Waals surface area contributed by atoms with Gasteiger partial charge in [0.05, 0.1) is 24.9 Å². The van der Waals surface area contributed by atoms with Gasteiger partial charge >= 0.3 is 0 Å². The van der Waals surface area contributed by atoms with E-state index in [9.17, 15) is 0 Å². The number of H-pyrrole nitrogens is 1. The van der Waals surface area contributed by atoms with Gasteiger partial charge in [-0.3, -0.25) is 5.10 Å². The number of methoxy groups -OCH3 is 1. The van der Waals surface area contributed by atoms with Crippen LogP contribution in [-0.4, -0.2) is 50.1 Å². The van der Waals surface area contributed by atoms with Gasteiger partial charge in [0.15, 0.2) is 17.3 Å². The fourth-order valence-corrected chi connectivity index (χ4v) is 3.95. The maximum Gasteiger partial charge on any atom is 0.184 e. The first kappa shape index (κ1) is 19.7. The molecule has 0 aliphatic carbocycles. The molecule has 7 heteroatoms. The number of benzene rings is 2. The molecule has 0 atom stereocenters. The molecule has 1 aromatic heterocycles. The van der Waals surface area contributed by atoms with Gasteiger partial charge in [-0.2, -0.15) is 5.10 Å². The summed E-state index contributed by atoms with van der Waals surface area (Å²) in [6.45, 7) is 6.40. The Bertz CT molecular complexity index is 967. The number of anilines is 2. The molecule has 2 heterocycles. The van der Waals surface area contributed by atoms with Gasteiger partial charge in [0, 0.05) is 36.6 Å². The highest BCUT2D eigenvalue weighted by Gasteiger charge is 2.24. The number of aromatic nitrogens is 2. The minimum absolute atomic E-state index is 0.709. The van der Waals surface area contributed by atoms with Crippen LogP contribution in [0.15, 0.2) is 36.4 Å². The van der Waals surface area contributed by atoms with Crippen molar-refractivity contribution in [3.05, 3.63) is 41.4 Å². The standard InChI is InChI=1S/C22H27ClN4O2/c1-3-4-14-29-20-7-5-6-19(21(20)28-2)26-10-12-27(13-11-26)22-17-9-8-16(23)15-18(17)24-25-22/h5-9,15H,3-4,10-14H2,1-2H3,(H,24,25). The second kappa shape index (κ2) is 8.82. The molecule has 0 bridgehead atoms. The van der Waals surface area contributed by atoms with Crippen LogP contribution in [0.1, 0.15) is 19.8 Å². The first-order valence-corrected chi connectivity index (χ1v) is 10.5. The number of hydrogen-bond donors (Lipinski definition) is 1. The van der Waals surface area contributed by atoms with Gasteiger partial charge in [-0.05, 0) is 36.8 Å². The number of rotatable bonds is 7. The highest BCUT2D eigenvalue weighted by atomic mass is 35.5. The first-order chi connectivity index (χ1) is 14.2. The molecule has 29 heavy (non-hydrogen) atoms. The average Bonchev–Trinajstić information content (AvgIpc) is 3.17. The number of nitrogens with one attached hydrogen (secondary N) is 1. The van der Waals surface area contributed by atoms with Crippen molar-refractivity contribution in [1.29, 1.82) is 0 Å². The molecule has 1 N–H and O–H groups in total. The molecule has 4 rings (SSSR count). The molecule has 1 fully saturated rings. The average molecular weight is 415 g/mol. The lowest BCUT2D eigenvalue weighted by molar-refractivity contribution is 0.288. The van der Waals surface area contributed by atoms with Crippen molar-refractivity contribution in [3.8, 4) is 11.5 Å². The van der Waals surface area contributed by atoms with E-state index in [2.05, 4.69) is 33.0 Å². The third-order valence-corrected chi connectivity index (χ3v) is 5.58. The van der Waals surface area contributed by atoms with E-state index < -0.39 is 0 Å². The number of hydrogen-bond acceptors (Lipinski definition) is 5. The van der Waals surface area contributed by atoms with Crippen LogP contribution in [0, 0.1) is 0 Å². The van der Waals surface area contributed by atoms with Crippen LogP contribution in [0.2, 0.25) is 5.02 Å². The van der Waals surface area contributed by atoms with Crippen LogP contribution in [-0.2, 0) is 0 Å². The fourth-order valence-electron chi connectivity index (χ4n) is 3.78. The maximum absolute atomic E-state index is 6.09. The second-order valence-corrected chi connectivity index (χ2v) is 7.66. The van der Waals surface area contributed by atoms with Crippen LogP contribution in [0.5, 0.6) is 11.5 Å². The highest BCUT2D eigenvalue weighted by molar-refractivity contribution is 6.31. The minimum Gasteiger partial charge on any atom is -0.491 e. The summed E-state index contributed by atoms with van der Waals surface area (Å²) in [4.78, 5) is 4.67. The molecule has 1 aliphatic heterocycles. The smallest absolute Gasteiger partial charge is 0.184 e.